The summed E-state index contributed by atoms with van der Waals surface area (Å²) in [5, 5.41) is 20.3. The van der Waals surface area contributed by atoms with Crippen LogP contribution in [-0.4, -0.2) is 52.9 Å². The molecule has 1 aliphatic carbocycles. The number of amides is 2. The Balaban J connectivity index is 2.34. The maximum atomic E-state index is 11.9. The minimum atomic E-state index is -1.42. The third kappa shape index (κ3) is 4.70. The molecule has 1 saturated carbocycles. The van der Waals surface area contributed by atoms with E-state index in [1.165, 1.54) is 6.42 Å². The van der Waals surface area contributed by atoms with Crippen LogP contribution in [0.25, 0.3) is 0 Å². The zero-order valence-electron chi connectivity index (χ0n) is 11.6. The van der Waals surface area contributed by atoms with Crippen molar-refractivity contribution >= 4 is 12.0 Å². The average molecular weight is 272 g/mol. The van der Waals surface area contributed by atoms with Crippen LogP contribution in [0.3, 0.4) is 0 Å². The molecule has 6 nitrogen and oxygen atoms in total. The first-order valence-corrected chi connectivity index (χ1v) is 6.85. The van der Waals surface area contributed by atoms with Gasteiger partial charge in [0.25, 0.3) is 0 Å². The highest BCUT2D eigenvalue weighted by Gasteiger charge is 2.27. The van der Waals surface area contributed by atoms with Gasteiger partial charge in [0.2, 0.25) is 0 Å². The fourth-order valence-corrected chi connectivity index (χ4v) is 2.59. The van der Waals surface area contributed by atoms with Crippen LogP contribution in [0.1, 0.15) is 39.0 Å². The third-order valence-electron chi connectivity index (χ3n) is 3.86. The number of aliphatic hydroxyl groups excluding tert-OH is 1. The fraction of sp³-hybridized carbons (Fsp3) is 0.846. The number of urea groups is 1. The van der Waals surface area contributed by atoms with Crippen LogP contribution in [0.4, 0.5) is 4.79 Å². The standard InChI is InChI=1S/C13H24N2O4/c1-9-5-3-4-6-10(9)15(2)13(19)14-8-7-11(16)12(17)18/h9-11,16H,3-8H2,1-2H3,(H,14,19)(H,17,18). The highest BCUT2D eigenvalue weighted by atomic mass is 16.4. The van der Waals surface area contributed by atoms with Crippen LogP contribution in [-0.2, 0) is 4.79 Å². The molecule has 0 bridgehead atoms. The van der Waals surface area contributed by atoms with Crippen molar-refractivity contribution < 1.29 is 19.8 Å². The number of carboxylic acids is 1. The number of carbonyl (C=O) groups is 2. The van der Waals surface area contributed by atoms with Crippen LogP contribution in [0.2, 0.25) is 0 Å². The summed E-state index contributed by atoms with van der Waals surface area (Å²) in [5.41, 5.74) is 0. The molecule has 0 aliphatic heterocycles. The molecule has 3 unspecified atom stereocenters. The molecule has 6 heteroatoms. The molecule has 0 aromatic rings. The quantitative estimate of drug-likeness (QED) is 0.697. The SMILES string of the molecule is CC1CCCCC1N(C)C(=O)NCCC(O)C(=O)O. The van der Waals surface area contributed by atoms with Crippen molar-refractivity contribution in [1.82, 2.24) is 10.2 Å². The molecule has 2 amide bonds. The van der Waals surface area contributed by atoms with Gasteiger partial charge in [-0.3, -0.25) is 0 Å². The molecule has 0 saturated heterocycles. The molecular weight excluding hydrogens is 248 g/mol. The maximum Gasteiger partial charge on any atom is 0.332 e. The van der Waals surface area contributed by atoms with E-state index in [9.17, 15) is 9.59 Å². The minimum absolute atomic E-state index is 0.0229. The molecule has 1 aliphatic rings. The van der Waals surface area contributed by atoms with Gasteiger partial charge in [0.1, 0.15) is 0 Å². The van der Waals surface area contributed by atoms with Crippen molar-refractivity contribution in [3.05, 3.63) is 0 Å². The van der Waals surface area contributed by atoms with Gasteiger partial charge in [-0.25, -0.2) is 9.59 Å². The van der Waals surface area contributed by atoms with Crippen molar-refractivity contribution in [3.8, 4) is 0 Å². The summed E-state index contributed by atoms with van der Waals surface area (Å²) in [6, 6.07) is 0.0504. The second-order valence-electron chi connectivity index (χ2n) is 5.31. The zero-order valence-corrected chi connectivity index (χ0v) is 11.6. The van der Waals surface area contributed by atoms with Gasteiger partial charge in [0, 0.05) is 26.1 Å². The van der Waals surface area contributed by atoms with Crippen LogP contribution < -0.4 is 5.32 Å². The fourth-order valence-electron chi connectivity index (χ4n) is 2.59. The molecule has 3 atom stereocenters. The van der Waals surface area contributed by atoms with E-state index in [1.807, 2.05) is 0 Å². The Morgan fingerprint density at radius 3 is 2.58 bits per heavy atom. The Kier molecular flexibility index (Phi) is 6.08. The van der Waals surface area contributed by atoms with Crippen molar-refractivity contribution in [3.63, 3.8) is 0 Å². The van der Waals surface area contributed by atoms with E-state index in [2.05, 4.69) is 12.2 Å². The average Bonchev–Trinajstić information content (AvgIpc) is 2.38. The van der Waals surface area contributed by atoms with Crippen LogP contribution in [0.5, 0.6) is 0 Å². The first kappa shape index (κ1) is 15.8. The summed E-state index contributed by atoms with van der Waals surface area (Å²) in [4.78, 5) is 24.1. The van der Waals surface area contributed by atoms with E-state index in [0.29, 0.717) is 5.92 Å². The molecule has 1 rings (SSSR count). The summed E-state index contributed by atoms with van der Waals surface area (Å²) < 4.78 is 0. The monoisotopic (exact) mass is 272 g/mol. The van der Waals surface area contributed by atoms with Crippen molar-refractivity contribution in [1.29, 1.82) is 0 Å². The Morgan fingerprint density at radius 1 is 1.37 bits per heavy atom. The number of aliphatic hydroxyl groups is 1. The molecule has 0 heterocycles. The maximum absolute atomic E-state index is 11.9. The van der Waals surface area contributed by atoms with Crippen LogP contribution in [0, 0.1) is 5.92 Å². The summed E-state index contributed by atoms with van der Waals surface area (Å²) >= 11 is 0. The number of rotatable bonds is 5. The van der Waals surface area contributed by atoms with Gasteiger partial charge >= 0.3 is 12.0 Å². The minimum Gasteiger partial charge on any atom is -0.479 e. The molecule has 110 valence electrons. The van der Waals surface area contributed by atoms with E-state index in [4.69, 9.17) is 10.2 Å². The molecule has 19 heavy (non-hydrogen) atoms. The largest absolute Gasteiger partial charge is 0.479 e. The highest BCUT2D eigenvalue weighted by molar-refractivity contribution is 5.74. The summed E-state index contributed by atoms with van der Waals surface area (Å²) in [6.45, 7) is 2.32. The summed E-state index contributed by atoms with van der Waals surface area (Å²) in [5.74, 6) is -0.766. The van der Waals surface area contributed by atoms with Crippen molar-refractivity contribution in [2.75, 3.05) is 13.6 Å². The lowest BCUT2D eigenvalue weighted by molar-refractivity contribution is -0.146. The number of aliphatic carboxylic acids is 1. The Bertz CT molecular complexity index is 322. The van der Waals surface area contributed by atoms with Gasteiger partial charge in [-0.15, -0.1) is 0 Å². The summed E-state index contributed by atoms with van der Waals surface area (Å²) in [7, 11) is 1.77. The van der Waals surface area contributed by atoms with Crippen molar-refractivity contribution in [2.45, 2.75) is 51.2 Å². The van der Waals surface area contributed by atoms with Crippen LogP contribution in [0.15, 0.2) is 0 Å². The number of nitrogens with one attached hydrogen (secondary N) is 1. The normalized spacial score (nSPS) is 24.6. The van der Waals surface area contributed by atoms with Gasteiger partial charge in [-0.1, -0.05) is 19.8 Å². The van der Waals surface area contributed by atoms with E-state index in [0.717, 1.165) is 19.3 Å². The Hall–Kier alpha value is -1.30. The second-order valence-corrected chi connectivity index (χ2v) is 5.31. The predicted octanol–water partition coefficient (Wildman–Crippen LogP) is 1.04. The predicted molar refractivity (Wildman–Crippen MR) is 70.8 cm³/mol. The molecule has 0 radical (unpaired) electrons. The molecule has 0 aromatic heterocycles. The lowest BCUT2D eigenvalue weighted by atomic mass is 9.85. The van der Waals surface area contributed by atoms with E-state index >= 15 is 0 Å². The van der Waals surface area contributed by atoms with Gasteiger partial charge in [-0.05, 0) is 18.8 Å². The first-order valence-electron chi connectivity index (χ1n) is 6.85. The molecule has 3 N–H and O–H groups in total. The van der Waals surface area contributed by atoms with Gasteiger partial charge < -0.3 is 20.4 Å². The van der Waals surface area contributed by atoms with E-state index in [-0.39, 0.29) is 25.0 Å². The number of carboxylic acid groups (broad SMARTS) is 1. The zero-order chi connectivity index (χ0) is 14.4. The lowest BCUT2D eigenvalue weighted by Gasteiger charge is -2.36. The smallest absolute Gasteiger partial charge is 0.332 e. The second kappa shape index (κ2) is 7.33. The Labute approximate surface area is 113 Å². The Morgan fingerprint density at radius 2 is 2.00 bits per heavy atom. The van der Waals surface area contributed by atoms with Gasteiger partial charge in [-0.2, -0.15) is 0 Å². The number of carbonyl (C=O) groups excluding carboxylic acids is 1. The molecule has 1 fully saturated rings. The number of nitrogens with zero attached hydrogens (tertiary/aromatic N) is 1. The topological polar surface area (TPSA) is 89.9 Å². The third-order valence-corrected chi connectivity index (χ3v) is 3.86. The number of hydrogen-bond acceptors (Lipinski definition) is 3. The lowest BCUT2D eigenvalue weighted by Crippen LogP contribution is -2.47. The molecular formula is C13H24N2O4. The highest BCUT2D eigenvalue weighted by Crippen LogP contribution is 2.27. The van der Waals surface area contributed by atoms with E-state index in [1.54, 1.807) is 11.9 Å². The van der Waals surface area contributed by atoms with Gasteiger partial charge in [0.05, 0.1) is 0 Å². The van der Waals surface area contributed by atoms with E-state index < -0.39 is 12.1 Å². The van der Waals surface area contributed by atoms with Crippen molar-refractivity contribution in [2.24, 2.45) is 5.92 Å². The van der Waals surface area contributed by atoms with Gasteiger partial charge in [0.15, 0.2) is 6.10 Å². The number of hydrogen-bond donors (Lipinski definition) is 3. The molecule has 0 spiro atoms. The summed E-state index contributed by atoms with van der Waals surface area (Å²) in [6.07, 6.45) is 3.12. The molecule has 0 aromatic carbocycles. The first-order chi connectivity index (χ1) is 8.93. The van der Waals surface area contributed by atoms with Crippen LogP contribution >= 0.6 is 0 Å².